The quantitative estimate of drug-likeness (QED) is 0.655. The van der Waals surface area contributed by atoms with Crippen molar-refractivity contribution in [2.45, 2.75) is 33.2 Å². The maximum atomic E-state index is 5.67. The minimum absolute atomic E-state index is 0.0589. The van der Waals surface area contributed by atoms with Gasteiger partial charge in [0.15, 0.2) is 0 Å². The van der Waals surface area contributed by atoms with E-state index >= 15 is 0 Å². The Morgan fingerprint density at radius 1 is 1.22 bits per heavy atom. The van der Waals surface area contributed by atoms with Crippen LogP contribution in [0.25, 0.3) is 0 Å². The number of hydrazine groups is 1. The first-order valence-electron chi connectivity index (χ1n) is 5.91. The molecule has 0 aliphatic rings. The molecular weight excluding hydrogens is 244 g/mol. The number of nitrogens with zero attached hydrogens (tertiary/aromatic N) is 2. The van der Waals surface area contributed by atoms with Gasteiger partial charge in [-0.05, 0) is 32.4 Å². The Bertz CT molecular complexity index is 536. The average Bonchev–Trinajstić information content (AvgIpc) is 2.72. The standard InChI is InChI=1S/C13H18N4S/c1-8-4-5-11(10(3)15-8)12(17-14)6-13-16-9(2)7-18-13/h4-5,7,12,17H,6,14H2,1-3H3. The highest BCUT2D eigenvalue weighted by Crippen LogP contribution is 2.22. The van der Waals surface area contributed by atoms with Crippen molar-refractivity contribution in [1.82, 2.24) is 15.4 Å². The molecular formula is C13H18N4S. The number of rotatable bonds is 4. The molecule has 1 atom stereocenters. The zero-order chi connectivity index (χ0) is 13.1. The fourth-order valence-corrected chi connectivity index (χ4v) is 2.81. The highest BCUT2D eigenvalue weighted by Gasteiger charge is 2.15. The molecule has 0 aromatic carbocycles. The van der Waals surface area contributed by atoms with Crippen LogP contribution in [0, 0.1) is 20.8 Å². The van der Waals surface area contributed by atoms with E-state index in [0.29, 0.717) is 0 Å². The number of aromatic nitrogens is 2. The first-order valence-corrected chi connectivity index (χ1v) is 6.79. The van der Waals surface area contributed by atoms with Crippen molar-refractivity contribution in [3.05, 3.63) is 45.2 Å². The third-order valence-corrected chi connectivity index (χ3v) is 3.88. The van der Waals surface area contributed by atoms with E-state index in [2.05, 4.69) is 26.8 Å². The van der Waals surface area contributed by atoms with E-state index < -0.39 is 0 Å². The van der Waals surface area contributed by atoms with Gasteiger partial charge in [-0.15, -0.1) is 11.3 Å². The minimum atomic E-state index is 0.0589. The third-order valence-electron chi connectivity index (χ3n) is 2.89. The van der Waals surface area contributed by atoms with Crippen LogP contribution < -0.4 is 11.3 Å². The monoisotopic (exact) mass is 262 g/mol. The zero-order valence-corrected chi connectivity index (χ0v) is 11.7. The second kappa shape index (κ2) is 5.56. The van der Waals surface area contributed by atoms with Gasteiger partial charge in [-0.2, -0.15) is 0 Å². The maximum absolute atomic E-state index is 5.67. The molecule has 2 aromatic rings. The normalized spacial score (nSPS) is 12.7. The average molecular weight is 262 g/mol. The molecule has 0 fully saturated rings. The molecule has 0 aliphatic heterocycles. The van der Waals surface area contributed by atoms with E-state index in [4.69, 9.17) is 5.84 Å². The number of thiazole rings is 1. The molecule has 0 saturated carbocycles. The van der Waals surface area contributed by atoms with Gasteiger partial charge in [0.2, 0.25) is 0 Å². The summed E-state index contributed by atoms with van der Waals surface area (Å²) in [6, 6.07) is 4.16. The molecule has 0 saturated heterocycles. The lowest BCUT2D eigenvalue weighted by molar-refractivity contribution is 0.545. The van der Waals surface area contributed by atoms with Crippen LogP contribution in [0.4, 0.5) is 0 Å². The molecule has 0 aliphatic carbocycles. The van der Waals surface area contributed by atoms with Crippen LogP contribution in [0.2, 0.25) is 0 Å². The first kappa shape index (κ1) is 13.1. The number of aryl methyl sites for hydroxylation is 3. The largest absolute Gasteiger partial charge is 0.271 e. The zero-order valence-electron chi connectivity index (χ0n) is 10.9. The van der Waals surface area contributed by atoms with Crippen LogP contribution >= 0.6 is 11.3 Å². The second-order valence-corrected chi connectivity index (χ2v) is 5.38. The van der Waals surface area contributed by atoms with Crippen LogP contribution in [0.3, 0.4) is 0 Å². The van der Waals surface area contributed by atoms with Crippen LogP contribution in [0.1, 0.15) is 33.7 Å². The molecule has 96 valence electrons. The molecule has 0 radical (unpaired) electrons. The van der Waals surface area contributed by atoms with E-state index in [-0.39, 0.29) is 6.04 Å². The van der Waals surface area contributed by atoms with E-state index in [9.17, 15) is 0 Å². The fraction of sp³-hybridized carbons (Fsp3) is 0.385. The van der Waals surface area contributed by atoms with Crippen LogP contribution in [0.15, 0.2) is 17.5 Å². The molecule has 0 amide bonds. The third kappa shape index (κ3) is 2.93. The van der Waals surface area contributed by atoms with E-state index in [1.807, 2.05) is 26.8 Å². The molecule has 3 N–H and O–H groups in total. The number of pyridine rings is 1. The van der Waals surface area contributed by atoms with Crippen molar-refractivity contribution in [3.8, 4) is 0 Å². The van der Waals surface area contributed by atoms with Crippen molar-refractivity contribution >= 4 is 11.3 Å². The molecule has 4 nitrogen and oxygen atoms in total. The summed E-state index contributed by atoms with van der Waals surface area (Å²) in [6.45, 7) is 6.01. The van der Waals surface area contributed by atoms with E-state index in [1.54, 1.807) is 11.3 Å². The Morgan fingerprint density at radius 2 is 2.00 bits per heavy atom. The Morgan fingerprint density at radius 3 is 2.56 bits per heavy atom. The number of hydrogen-bond donors (Lipinski definition) is 2. The SMILES string of the molecule is Cc1csc(CC(NN)c2ccc(C)nc2C)n1. The van der Waals surface area contributed by atoms with Crippen molar-refractivity contribution in [2.75, 3.05) is 0 Å². The molecule has 2 heterocycles. The van der Waals surface area contributed by atoms with Gasteiger partial charge in [-0.25, -0.2) is 4.98 Å². The van der Waals surface area contributed by atoms with Crippen molar-refractivity contribution in [1.29, 1.82) is 0 Å². The van der Waals surface area contributed by atoms with E-state index in [0.717, 1.165) is 34.1 Å². The molecule has 0 bridgehead atoms. The number of nitrogens with one attached hydrogen (secondary N) is 1. The molecule has 0 spiro atoms. The molecule has 5 heteroatoms. The topological polar surface area (TPSA) is 63.8 Å². The summed E-state index contributed by atoms with van der Waals surface area (Å²) in [6.07, 6.45) is 0.792. The molecule has 2 rings (SSSR count). The Hall–Kier alpha value is -1.30. The summed E-state index contributed by atoms with van der Waals surface area (Å²) in [7, 11) is 0. The predicted octanol–water partition coefficient (Wildman–Crippen LogP) is 2.21. The van der Waals surface area contributed by atoms with Gasteiger partial charge in [0.05, 0.1) is 11.0 Å². The highest BCUT2D eigenvalue weighted by molar-refractivity contribution is 7.09. The minimum Gasteiger partial charge on any atom is -0.271 e. The molecule has 2 aromatic heterocycles. The predicted molar refractivity (Wildman–Crippen MR) is 74.3 cm³/mol. The van der Waals surface area contributed by atoms with Crippen molar-refractivity contribution < 1.29 is 0 Å². The fourth-order valence-electron chi connectivity index (χ4n) is 2.00. The Labute approximate surface area is 111 Å². The number of hydrogen-bond acceptors (Lipinski definition) is 5. The van der Waals surface area contributed by atoms with Gasteiger partial charge in [-0.3, -0.25) is 16.3 Å². The van der Waals surface area contributed by atoms with Gasteiger partial charge in [0, 0.05) is 28.9 Å². The molecule has 18 heavy (non-hydrogen) atoms. The number of nitrogens with two attached hydrogens (primary N) is 1. The lowest BCUT2D eigenvalue weighted by Gasteiger charge is -2.17. The Kier molecular flexibility index (Phi) is 4.06. The summed E-state index contributed by atoms with van der Waals surface area (Å²) in [5, 5.41) is 3.15. The Balaban J connectivity index is 2.22. The first-order chi connectivity index (χ1) is 8.60. The van der Waals surface area contributed by atoms with Crippen LogP contribution in [0.5, 0.6) is 0 Å². The van der Waals surface area contributed by atoms with Crippen LogP contribution in [-0.4, -0.2) is 9.97 Å². The summed E-state index contributed by atoms with van der Waals surface area (Å²) in [4.78, 5) is 8.95. The molecule has 1 unspecified atom stereocenters. The van der Waals surface area contributed by atoms with Gasteiger partial charge < -0.3 is 0 Å². The summed E-state index contributed by atoms with van der Waals surface area (Å²) < 4.78 is 0. The van der Waals surface area contributed by atoms with Crippen LogP contribution in [-0.2, 0) is 6.42 Å². The highest BCUT2D eigenvalue weighted by atomic mass is 32.1. The van der Waals surface area contributed by atoms with Gasteiger partial charge in [0.1, 0.15) is 0 Å². The second-order valence-electron chi connectivity index (χ2n) is 4.43. The summed E-state index contributed by atoms with van der Waals surface area (Å²) in [5.41, 5.74) is 7.10. The smallest absolute Gasteiger partial charge is 0.0947 e. The van der Waals surface area contributed by atoms with Crippen molar-refractivity contribution in [2.24, 2.45) is 5.84 Å². The lowest BCUT2D eigenvalue weighted by Crippen LogP contribution is -2.30. The van der Waals surface area contributed by atoms with E-state index in [1.165, 1.54) is 0 Å². The summed E-state index contributed by atoms with van der Waals surface area (Å²) >= 11 is 1.67. The maximum Gasteiger partial charge on any atom is 0.0947 e. The lowest BCUT2D eigenvalue weighted by atomic mass is 10.0. The summed E-state index contributed by atoms with van der Waals surface area (Å²) in [5.74, 6) is 5.67. The van der Waals surface area contributed by atoms with Crippen molar-refractivity contribution in [3.63, 3.8) is 0 Å². The van der Waals surface area contributed by atoms with Gasteiger partial charge in [-0.1, -0.05) is 6.07 Å². The van der Waals surface area contributed by atoms with Gasteiger partial charge >= 0.3 is 0 Å². The van der Waals surface area contributed by atoms with Gasteiger partial charge in [0.25, 0.3) is 0 Å².